The van der Waals surface area contributed by atoms with E-state index in [1.54, 1.807) is 0 Å². The van der Waals surface area contributed by atoms with Crippen LogP contribution in [0.25, 0.3) is 0 Å². The van der Waals surface area contributed by atoms with Crippen LogP contribution < -0.4 is 5.73 Å². The molecule has 0 aromatic carbocycles. The monoisotopic (exact) mass is 139 g/mol. The first-order valence-corrected chi connectivity index (χ1v) is 3.51. The fraction of sp³-hybridized carbons (Fsp3) is 1.00. The standard InChI is InChI=1S/C3H9NO3S/c4-3(1-5)2-8(6)7/h3,5,8H,1-2,4H2. The second-order valence-electron chi connectivity index (χ2n) is 1.46. The van der Waals surface area contributed by atoms with Gasteiger partial charge in [-0.1, -0.05) is 0 Å². The molecule has 0 aliphatic carbocycles. The summed E-state index contributed by atoms with van der Waals surface area (Å²) >= 11 is 0. The van der Waals surface area contributed by atoms with E-state index in [9.17, 15) is 8.42 Å². The third-order valence-electron chi connectivity index (χ3n) is 0.618. The number of rotatable bonds is 3. The third-order valence-corrected chi connectivity index (χ3v) is 1.39. The molecule has 5 heteroatoms. The van der Waals surface area contributed by atoms with E-state index in [0.717, 1.165) is 0 Å². The van der Waals surface area contributed by atoms with Crippen LogP contribution >= 0.6 is 0 Å². The molecule has 0 amide bonds. The van der Waals surface area contributed by atoms with Gasteiger partial charge in [-0.05, 0) is 0 Å². The Morgan fingerprint density at radius 2 is 2.12 bits per heavy atom. The molecule has 0 aliphatic heterocycles. The van der Waals surface area contributed by atoms with E-state index in [-0.39, 0.29) is 12.4 Å². The van der Waals surface area contributed by atoms with Crippen LogP contribution in [0.4, 0.5) is 0 Å². The maximum absolute atomic E-state index is 9.81. The van der Waals surface area contributed by atoms with Gasteiger partial charge in [-0.3, -0.25) is 0 Å². The van der Waals surface area contributed by atoms with Gasteiger partial charge in [-0.25, -0.2) is 8.42 Å². The van der Waals surface area contributed by atoms with Crippen LogP contribution in [0.1, 0.15) is 0 Å². The minimum absolute atomic E-state index is 0.133. The van der Waals surface area contributed by atoms with Crippen molar-refractivity contribution in [3.63, 3.8) is 0 Å². The van der Waals surface area contributed by atoms with Crippen LogP contribution in [0.2, 0.25) is 0 Å². The molecule has 8 heavy (non-hydrogen) atoms. The molecule has 0 fully saturated rings. The van der Waals surface area contributed by atoms with Gasteiger partial charge in [0.15, 0.2) is 0 Å². The summed E-state index contributed by atoms with van der Waals surface area (Å²) in [7, 11) is -2.43. The van der Waals surface area contributed by atoms with Gasteiger partial charge in [0.2, 0.25) is 0 Å². The van der Waals surface area contributed by atoms with E-state index in [2.05, 4.69) is 0 Å². The molecule has 0 saturated heterocycles. The van der Waals surface area contributed by atoms with Crippen LogP contribution in [0.5, 0.6) is 0 Å². The first-order valence-electron chi connectivity index (χ1n) is 2.15. The molecule has 4 nitrogen and oxygen atoms in total. The number of hydrogen-bond donors (Lipinski definition) is 3. The fourth-order valence-electron chi connectivity index (χ4n) is 0.249. The molecule has 0 spiro atoms. The van der Waals surface area contributed by atoms with Crippen molar-refractivity contribution < 1.29 is 13.5 Å². The highest BCUT2D eigenvalue weighted by Crippen LogP contribution is 1.74. The van der Waals surface area contributed by atoms with E-state index in [1.807, 2.05) is 0 Å². The first kappa shape index (κ1) is 7.87. The summed E-state index contributed by atoms with van der Waals surface area (Å²) < 4.78 is 19.6. The molecule has 0 heterocycles. The van der Waals surface area contributed by atoms with E-state index < -0.39 is 16.7 Å². The van der Waals surface area contributed by atoms with Crippen LogP contribution in [-0.4, -0.2) is 31.9 Å². The molecule has 1 atom stereocenters. The normalized spacial score (nSPS) is 14.4. The Bertz CT molecular complexity index is 114. The van der Waals surface area contributed by atoms with Crippen molar-refractivity contribution in [3.05, 3.63) is 0 Å². The van der Waals surface area contributed by atoms with Crippen molar-refractivity contribution in [1.82, 2.24) is 0 Å². The lowest BCUT2D eigenvalue weighted by atomic mass is 10.4. The largest absolute Gasteiger partial charge is 0.395 e. The third kappa shape index (κ3) is 4.04. The van der Waals surface area contributed by atoms with Crippen LogP contribution in [0.3, 0.4) is 0 Å². The Hall–Kier alpha value is -0.130. The first-order chi connectivity index (χ1) is 3.66. The van der Waals surface area contributed by atoms with Crippen molar-refractivity contribution in [3.8, 4) is 0 Å². The SMILES string of the molecule is NC(CO)C[SH](=O)=O. The number of hydrogen-bond acceptors (Lipinski definition) is 4. The average molecular weight is 139 g/mol. The van der Waals surface area contributed by atoms with Gasteiger partial charge >= 0.3 is 0 Å². The quantitative estimate of drug-likeness (QED) is 0.392. The zero-order valence-corrected chi connectivity index (χ0v) is 5.17. The van der Waals surface area contributed by atoms with Gasteiger partial charge in [0.05, 0.1) is 12.4 Å². The number of thiol groups is 1. The lowest BCUT2D eigenvalue weighted by molar-refractivity contribution is 0.274. The summed E-state index contributed by atoms with van der Waals surface area (Å²) in [5, 5.41) is 8.19. The Labute approximate surface area is 49.3 Å². The van der Waals surface area contributed by atoms with Gasteiger partial charge in [0, 0.05) is 6.04 Å². The number of aliphatic hydroxyl groups is 1. The number of aliphatic hydroxyl groups excluding tert-OH is 1. The van der Waals surface area contributed by atoms with Crippen LogP contribution in [0.15, 0.2) is 0 Å². The molecule has 0 rings (SSSR count). The van der Waals surface area contributed by atoms with Gasteiger partial charge in [-0.15, -0.1) is 0 Å². The van der Waals surface area contributed by atoms with Crippen molar-refractivity contribution >= 4 is 10.7 Å². The average Bonchev–Trinajstić information content (AvgIpc) is 1.65. The van der Waals surface area contributed by atoms with Crippen molar-refractivity contribution in [2.45, 2.75) is 6.04 Å². The maximum atomic E-state index is 9.81. The lowest BCUT2D eigenvalue weighted by Crippen LogP contribution is -2.28. The predicted octanol–water partition coefficient (Wildman–Crippen LogP) is -2.08. The highest BCUT2D eigenvalue weighted by atomic mass is 32.2. The second kappa shape index (κ2) is 3.82. The summed E-state index contributed by atoms with van der Waals surface area (Å²) in [4.78, 5) is 0. The summed E-state index contributed by atoms with van der Waals surface area (Å²) in [5.41, 5.74) is 5.04. The molecule has 3 N–H and O–H groups in total. The predicted molar refractivity (Wildman–Crippen MR) is 30.2 cm³/mol. The summed E-state index contributed by atoms with van der Waals surface area (Å²) in [6, 6.07) is -0.615. The van der Waals surface area contributed by atoms with Crippen molar-refractivity contribution in [2.75, 3.05) is 12.4 Å². The summed E-state index contributed by atoms with van der Waals surface area (Å²) in [5.74, 6) is -0.133. The Balaban J connectivity index is 3.39. The molecule has 0 aliphatic rings. The van der Waals surface area contributed by atoms with Crippen molar-refractivity contribution in [1.29, 1.82) is 0 Å². The van der Waals surface area contributed by atoms with Crippen LogP contribution in [0, 0.1) is 0 Å². The minimum Gasteiger partial charge on any atom is -0.395 e. The Kier molecular flexibility index (Phi) is 3.76. The van der Waals surface area contributed by atoms with Gasteiger partial charge in [0.25, 0.3) is 0 Å². The zero-order chi connectivity index (χ0) is 6.57. The van der Waals surface area contributed by atoms with Crippen molar-refractivity contribution in [2.24, 2.45) is 5.73 Å². The highest BCUT2D eigenvalue weighted by molar-refractivity contribution is 7.72. The highest BCUT2D eigenvalue weighted by Gasteiger charge is 1.98. The molecule has 0 bridgehead atoms. The molecular weight excluding hydrogens is 130 g/mol. The van der Waals surface area contributed by atoms with E-state index in [1.165, 1.54) is 0 Å². The fourth-order valence-corrected chi connectivity index (χ4v) is 0.748. The molecule has 0 radical (unpaired) electrons. The molecule has 50 valence electrons. The zero-order valence-electron chi connectivity index (χ0n) is 4.28. The topological polar surface area (TPSA) is 80.4 Å². The molecule has 1 unspecified atom stereocenters. The maximum Gasteiger partial charge on any atom is 0.141 e. The molecule has 0 aromatic heterocycles. The summed E-state index contributed by atoms with van der Waals surface area (Å²) in [6.07, 6.45) is 0. The van der Waals surface area contributed by atoms with Gasteiger partial charge in [0.1, 0.15) is 10.7 Å². The van der Waals surface area contributed by atoms with E-state index >= 15 is 0 Å². The van der Waals surface area contributed by atoms with E-state index in [4.69, 9.17) is 10.8 Å². The number of nitrogens with two attached hydrogens (primary N) is 1. The smallest absolute Gasteiger partial charge is 0.141 e. The summed E-state index contributed by atoms with van der Waals surface area (Å²) in [6.45, 7) is -0.274. The molecule has 0 aromatic rings. The minimum atomic E-state index is -2.43. The second-order valence-corrected chi connectivity index (χ2v) is 2.49. The van der Waals surface area contributed by atoms with Crippen LogP contribution in [-0.2, 0) is 10.7 Å². The van der Waals surface area contributed by atoms with Gasteiger partial charge in [-0.2, -0.15) is 0 Å². The Morgan fingerprint density at radius 1 is 1.62 bits per heavy atom. The lowest BCUT2D eigenvalue weighted by Gasteiger charge is -1.98. The van der Waals surface area contributed by atoms with Gasteiger partial charge < -0.3 is 10.8 Å². The van der Waals surface area contributed by atoms with E-state index in [0.29, 0.717) is 0 Å². The Morgan fingerprint density at radius 3 is 2.25 bits per heavy atom. The molecule has 0 saturated carbocycles. The molecular formula is C3H9NO3S.